The SMILES string of the molecule is CCOc1cccnc1N(CCO)CC1CCCN1. The molecular formula is C14H23N3O2. The Morgan fingerprint density at radius 1 is 1.58 bits per heavy atom. The molecule has 0 aliphatic carbocycles. The molecule has 0 aromatic carbocycles. The summed E-state index contributed by atoms with van der Waals surface area (Å²) in [4.78, 5) is 6.53. The summed E-state index contributed by atoms with van der Waals surface area (Å²) in [6, 6.07) is 4.28. The van der Waals surface area contributed by atoms with Gasteiger partial charge in [-0.1, -0.05) is 0 Å². The van der Waals surface area contributed by atoms with Gasteiger partial charge >= 0.3 is 0 Å². The first-order valence-electron chi connectivity index (χ1n) is 7.02. The van der Waals surface area contributed by atoms with Crippen LogP contribution in [-0.4, -0.2) is 49.0 Å². The maximum Gasteiger partial charge on any atom is 0.171 e. The van der Waals surface area contributed by atoms with Gasteiger partial charge in [-0.2, -0.15) is 0 Å². The van der Waals surface area contributed by atoms with Gasteiger partial charge < -0.3 is 20.1 Å². The highest BCUT2D eigenvalue weighted by molar-refractivity contribution is 5.52. The lowest BCUT2D eigenvalue weighted by molar-refractivity contribution is 0.298. The van der Waals surface area contributed by atoms with E-state index < -0.39 is 0 Å². The number of anilines is 1. The zero-order valence-electron chi connectivity index (χ0n) is 11.5. The largest absolute Gasteiger partial charge is 0.490 e. The third kappa shape index (κ3) is 3.81. The molecule has 1 aliphatic rings. The van der Waals surface area contributed by atoms with Gasteiger partial charge in [0.05, 0.1) is 13.2 Å². The molecule has 1 atom stereocenters. The fourth-order valence-electron chi connectivity index (χ4n) is 2.47. The van der Waals surface area contributed by atoms with Crippen LogP contribution in [0.25, 0.3) is 0 Å². The number of ether oxygens (including phenoxy) is 1. The number of nitrogens with one attached hydrogen (secondary N) is 1. The molecule has 1 saturated heterocycles. The summed E-state index contributed by atoms with van der Waals surface area (Å²) in [5.74, 6) is 1.61. The minimum atomic E-state index is 0.120. The third-order valence-electron chi connectivity index (χ3n) is 3.32. The topological polar surface area (TPSA) is 57.6 Å². The quantitative estimate of drug-likeness (QED) is 0.771. The Bertz CT molecular complexity index is 381. The standard InChI is InChI=1S/C14H23N3O2/c1-2-19-13-6-4-8-16-14(13)17(9-10-18)11-12-5-3-7-15-12/h4,6,8,12,15,18H,2-3,5,7,9-11H2,1H3. The van der Waals surface area contributed by atoms with Gasteiger partial charge in [0.15, 0.2) is 11.6 Å². The first kappa shape index (κ1) is 14.1. The highest BCUT2D eigenvalue weighted by atomic mass is 16.5. The Hall–Kier alpha value is -1.33. The molecule has 0 saturated carbocycles. The smallest absolute Gasteiger partial charge is 0.171 e. The van der Waals surface area contributed by atoms with Crippen LogP contribution in [-0.2, 0) is 0 Å². The van der Waals surface area contributed by atoms with Crippen LogP contribution < -0.4 is 15.0 Å². The highest BCUT2D eigenvalue weighted by Crippen LogP contribution is 2.25. The van der Waals surface area contributed by atoms with E-state index in [1.54, 1.807) is 6.20 Å². The number of hydrogen-bond acceptors (Lipinski definition) is 5. The Kier molecular flexibility index (Phi) is 5.42. The summed E-state index contributed by atoms with van der Waals surface area (Å²) >= 11 is 0. The van der Waals surface area contributed by atoms with Crippen LogP contribution in [0.1, 0.15) is 19.8 Å². The molecule has 5 heteroatoms. The minimum Gasteiger partial charge on any atom is -0.490 e. The van der Waals surface area contributed by atoms with Crippen LogP contribution >= 0.6 is 0 Å². The van der Waals surface area contributed by atoms with Crippen molar-refractivity contribution in [1.82, 2.24) is 10.3 Å². The van der Waals surface area contributed by atoms with E-state index in [0.717, 1.165) is 24.7 Å². The predicted molar refractivity (Wildman–Crippen MR) is 75.7 cm³/mol. The molecule has 0 bridgehead atoms. The third-order valence-corrected chi connectivity index (χ3v) is 3.32. The normalized spacial score (nSPS) is 18.5. The van der Waals surface area contributed by atoms with Gasteiger partial charge in [-0.25, -0.2) is 4.98 Å². The van der Waals surface area contributed by atoms with E-state index in [1.807, 2.05) is 19.1 Å². The number of aromatic nitrogens is 1. The van der Waals surface area contributed by atoms with E-state index in [0.29, 0.717) is 19.2 Å². The number of hydrogen-bond donors (Lipinski definition) is 2. The fraction of sp³-hybridized carbons (Fsp3) is 0.643. The van der Waals surface area contributed by atoms with Crippen molar-refractivity contribution in [3.8, 4) is 5.75 Å². The second-order valence-corrected chi connectivity index (χ2v) is 4.72. The lowest BCUT2D eigenvalue weighted by Crippen LogP contribution is -2.39. The number of aliphatic hydroxyl groups excluding tert-OH is 1. The van der Waals surface area contributed by atoms with E-state index in [-0.39, 0.29) is 6.61 Å². The van der Waals surface area contributed by atoms with Crippen LogP contribution in [0.2, 0.25) is 0 Å². The van der Waals surface area contributed by atoms with Crippen molar-refractivity contribution in [3.05, 3.63) is 18.3 Å². The van der Waals surface area contributed by atoms with Crippen molar-refractivity contribution in [1.29, 1.82) is 0 Å². The summed E-state index contributed by atoms with van der Waals surface area (Å²) in [6.45, 7) is 5.22. The van der Waals surface area contributed by atoms with Gasteiger partial charge in [0.2, 0.25) is 0 Å². The lowest BCUT2D eigenvalue weighted by Gasteiger charge is -2.27. The van der Waals surface area contributed by atoms with Gasteiger partial charge in [-0.05, 0) is 38.4 Å². The van der Waals surface area contributed by atoms with E-state index in [9.17, 15) is 5.11 Å². The molecule has 19 heavy (non-hydrogen) atoms. The molecule has 106 valence electrons. The molecule has 0 amide bonds. The average Bonchev–Trinajstić information content (AvgIpc) is 2.92. The Balaban J connectivity index is 2.12. The van der Waals surface area contributed by atoms with Crippen molar-refractivity contribution < 1.29 is 9.84 Å². The molecule has 2 rings (SSSR count). The Morgan fingerprint density at radius 3 is 3.16 bits per heavy atom. The highest BCUT2D eigenvalue weighted by Gasteiger charge is 2.20. The van der Waals surface area contributed by atoms with Crippen LogP contribution in [0.15, 0.2) is 18.3 Å². The molecule has 1 fully saturated rings. The number of rotatable bonds is 7. The van der Waals surface area contributed by atoms with Gasteiger partial charge in [0.1, 0.15) is 0 Å². The zero-order valence-corrected chi connectivity index (χ0v) is 11.5. The maximum atomic E-state index is 9.26. The maximum absolute atomic E-state index is 9.26. The predicted octanol–water partition coefficient (Wildman–Crippen LogP) is 1.03. The van der Waals surface area contributed by atoms with Gasteiger partial charge in [0, 0.05) is 25.3 Å². The summed E-state index contributed by atoms with van der Waals surface area (Å²) in [5, 5.41) is 12.7. The summed E-state index contributed by atoms with van der Waals surface area (Å²) < 4.78 is 5.62. The van der Waals surface area contributed by atoms with Crippen molar-refractivity contribution in [2.24, 2.45) is 0 Å². The number of pyridine rings is 1. The van der Waals surface area contributed by atoms with E-state index in [2.05, 4.69) is 15.2 Å². The summed E-state index contributed by atoms with van der Waals surface area (Å²) in [7, 11) is 0. The van der Waals surface area contributed by atoms with Crippen molar-refractivity contribution in [2.45, 2.75) is 25.8 Å². The molecule has 1 unspecified atom stereocenters. The van der Waals surface area contributed by atoms with Gasteiger partial charge in [0.25, 0.3) is 0 Å². The second kappa shape index (κ2) is 7.31. The lowest BCUT2D eigenvalue weighted by atomic mass is 10.2. The Labute approximate surface area is 114 Å². The molecule has 1 aromatic heterocycles. The van der Waals surface area contributed by atoms with Gasteiger partial charge in [-0.15, -0.1) is 0 Å². The van der Waals surface area contributed by atoms with E-state index in [1.165, 1.54) is 12.8 Å². The second-order valence-electron chi connectivity index (χ2n) is 4.72. The zero-order chi connectivity index (χ0) is 13.5. The molecule has 0 radical (unpaired) electrons. The molecule has 5 nitrogen and oxygen atoms in total. The minimum absolute atomic E-state index is 0.120. The van der Waals surface area contributed by atoms with Crippen molar-refractivity contribution >= 4 is 5.82 Å². The van der Waals surface area contributed by atoms with Crippen LogP contribution in [0.3, 0.4) is 0 Å². The van der Waals surface area contributed by atoms with E-state index in [4.69, 9.17) is 4.74 Å². The monoisotopic (exact) mass is 265 g/mol. The van der Waals surface area contributed by atoms with Crippen molar-refractivity contribution in [2.75, 3.05) is 37.7 Å². The van der Waals surface area contributed by atoms with Crippen LogP contribution in [0.5, 0.6) is 5.75 Å². The average molecular weight is 265 g/mol. The Morgan fingerprint density at radius 2 is 2.47 bits per heavy atom. The molecule has 2 N–H and O–H groups in total. The fourth-order valence-corrected chi connectivity index (χ4v) is 2.47. The van der Waals surface area contributed by atoms with Crippen molar-refractivity contribution in [3.63, 3.8) is 0 Å². The number of nitrogens with zero attached hydrogens (tertiary/aromatic N) is 2. The van der Waals surface area contributed by atoms with E-state index >= 15 is 0 Å². The number of aliphatic hydroxyl groups is 1. The summed E-state index contributed by atoms with van der Waals surface area (Å²) in [5.41, 5.74) is 0. The van der Waals surface area contributed by atoms with Gasteiger partial charge in [-0.3, -0.25) is 0 Å². The first-order valence-corrected chi connectivity index (χ1v) is 7.02. The first-order chi connectivity index (χ1) is 9.35. The van der Waals surface area contributed by atoms with Crippen LogP contribution in [0, 0.1) is 0 Å². The molecular weight excluding hydrogens is 242 g/mol. The molecule has 0 spiro atoms. The molecule has 1 aromatic rings. The molecule has 1 aliphatic heterocycles. The van der Waals surface area contributed by atoms with Crippen LogP contribution in [0.4, 0.5) is 5.82 Å². The summed E-state index contributed by atoms with van der Waals surface area (Å²) in [6.07, 6.45) is 4.17. The molecule has 2 heterocycles.